The first-order valence-corrected chi connectivity index (χ1v) is 5.44. The number of rotatable bonds is 6. The van der Waals surface area contributed by atoms with Crippen LogP contribution in [0.15, 0.2) is 24.3 Å². The second-order valence-corrected chi connectivity index (χ2v) is 4.06. The Kier molecular flexibility index (Phi) is 5.06. The first-order valence-electron chi connectivity index (χ1n) is 5.44. The van der Waals surface area contributed by atoms with Gasteiger partial charge in [0.1, 0.15) is 11.9 Å². The van der Waals surface area contributed by atoms with Gasteiger partial charge in [-0.25, -0.2) is 4.39 Å². The van der Waals surface area contributed by atoms with Crippen molar-refractivity contribution < 1.29 is 14.3 Å². The van der Waals surface area contributed by atoms with Crippen LogP contribution in [0, 0.1) is 5.82 Å². The van der Waals surface area contributed by atoms with Gasteiger partial charge in [-0.3, -0.25) is 4.79 Å². The van der Waals surface area contributed by atoms with Crippen molar-refractivity contribution in [2.24, 2.45) is 5.73 Å². The number of halogens is 1. The van der Waals surface area contributed by atoms with Crippen LogP contribution in [-0.4, -0.2) is 29.7 Å². The summed E-state index contributed by atoms with van der Waals surface area (Å²) in [6, 6.07) is 6.34. The third kappa shape index (κ3) is 4.93. The summed E-state index contributed by atoms with van der Waals surface area (Å²) in [5.74, 6) is -1.03. The molecule has 4 nitrogen and oxygen atoms in total. The maximum Gasteiger partial charge on any atom is 0.247 e. The van der Waals surface area contributed by atoms with Crippen LogP contribution in [0.25, 0.3) is 0 Å². The predicted octanol–water partition coefficient (Wildman–Crippen LogP) is 0.193. The number of hydrogen-bond donors (Lipinski definition) is 3. The quantitative estimate of drug-likeness (QED) is 0.664. The van der Waals surface area contributed by atoms with Crippen molar-refractivity contribution in [3.05, 3.63) is 35.6 Å². The minimum absolute atomic E-state index is 0.0193. The minimum atomic E-state index is -1.19. The lowest BCUT2D eigenvalue weighted by atomic mass is 10.1. The lowest BCUT2D eigenvalue weighted by Crippen LogP contribution is -2.41. The largest absolute Gasteiger partial charge is 0.382 e. The fourth-order valence-corrected chi connectivity index (χ4v) is 1.50. The highest BCUT2D eigenvalue weighted by molar-refractivity contribution is 5.78. The lowest BCUT2D eigenvalue weighted by molar-refractivity contribution is -0.125. The van der Waals surface area contributed by atoms with E-state index >= 15 is 0 Å². The molecule has 2 atom stereocenters. The molecule has 4 N–H and O–H groups in total. The van der Waals surface area contributed by atoms with Gasteiger partial charge in [-0.15, -0.1) is 0 Å². The molecule has 0 aliphatic carbocycles. The number of primary amides is 1. The van der Waals surface area contributed by atoms with Crippen molar-refractivity contribution in [2.45, 2.75) is 25.5 Å². The van der Waals surface area contributed by atoms with Crippen LogP contribution in [0.4, 0.5) is 4.39 Å². The number of hydrogen-bond acceptors (Lipinski definition) is 3. The summed E-state index contributed by atoms with van der Waals surface area (Å²) >= 11 is 0. The highest BCUT2D eigenvalue weighted by Gasteiger charge is 2.12. The summed E-state index contributed by atoms with van der Waals surface area (Å²) in [5.41, 5.74) is 5.78. The Morgan fingerprint density at radius 1 is 1.59 bits per heavy atom. The summed E-state index contributed by atoms with van der Waals surface area (Å²) in [6.45, 7) is 1.99. The van der Waals surface area contributed by atoms with Gasteiger partial charge in [0, 0.05) is 12.6 Å². The summed E-state index contributed by atoms with van der Waals surface area (Å²) in [7, 11) is 0. The molecule has 5 heteroatoms. The Balaban J connectivity index is 2.39. The van der Waals surface area contributed by atoms with Crippen LogP contribution >= 0.6 is 0 Å². The lowest BCUT2D eigenvalue weighted by Gasteiger charge is -2.15. The van der Waals surface area contributed by atoms with Crippen molar-refractivity contribution in [3.8, 4) is 0 Å². The third-order valence-corrected chi connectivity index (χ3v) is 2.42. The Bertz CT molecular complexity index is 385. The van der Waals surface area contributed by atoms with Crippen molar-refractivity contribution in [1.82, 2.24) is 5.32 Å². The van der Waals surface area contributed by atoms with E-state index < -0.39 is 12.0 Å². The molecule has 0 radical (unpaired) electrons. The molecule has 0 saturated heterocycles. The Labute approximate surface area is 99.6 Å². The Hall–Kier alpha value is -1.46. The van der Waals surface area contributed by atoms with Crippen LogP contribution in [-0.2, 0) is 11.2 Å². The van der Waals surface area contributed by atoms with Crippen molar-refractivity contribution in [3.63, 3.8) is 0 Å². The van der Waals surface area contributed by atoms with E-state index in [1.807, 2.05) is 13.0 Å². The smallest absolute Gasteiger partial charge is 0.247 e. The van der Waals surface area contributed by atoms with Crippen molar-refractivity contribution in [1.29, 1.82) is 0 Å². The highest BCUT2D eigenvalue weighted by atomic mass is 19.1. The molecule has 0 aromatic heterocycles. The molecule has 0 bridgehead atoms. The molecule has 0 heterocycles. The van der Waals surface area contributed by atoms with Gasteiger partial charge < -0.3 is 16.2 Å². The molecule has 2 unspecified atom stereocenters. The molecule has 0 fully saturated rings. The SMILES string of the molecule is CC(Cc1cccc(F)c1)NCC(O)C(N)=O. The molecule has 0 aliphatic heterocycles. The van der Waals surface area contributed by atoms with Gasteiger partial charge in [0.2, 0.25) is 5.91 Å². The molecule has 0 saturated carbocycles. The number of amides is 1. The molecular weight excluding hydrogens is 223 g/mol. The predicted molar refractivity (Wildman–Crippen MR) is 62.8 cm³/mol. The van der Waals surface area contributed by atoms with Gasteiger partial charge in [0.25, 0.3) is 0 Å². The first-order chi connectivity index (χ1) is 7.99. The Morgan fingerprint density at radius 3 is 2.88 bits per heavy atom. The number of benzene rings is 1. The monoisotopic (exact) mass is 240 g/mol. The van der Waals surface area contributed by atoms with E-state index in [1.165, 1.54) is 12.1 Å². The highest BCUT2D eigenvalue weighted by Crippen LogP contribution is 2.06. The molecule has 1 amide bonds. The Morgan fingerprint density at radius 2 is 2.29 bits per heavy atom. The van der Waals surface area contributed by atoms with Crippen LogP contribution in [0.1, 0.15) is 12.5 Å². The van der Waals surface area contributed by atoms with E-state index in [0.717, 1.165) is 5.56 Å². The number of nitrogens with two attached hydrogens (primary N) is 1. The van der Waals surface area contributed by atoms with Crippen LogP contribution < -0.4 is 11.1 Å². The number of carbonyl (C=O) groups is 1. The maximum atomic E-state index is 12.9. The van der Waals surface area contributed by atoms with Gasteiger partial charge in [-0.05, 0) is 31.0 Å². The molecule has 1 rings (SSSR count). The van der Waals surface area contributed by atoms with Crippen LogP contribution in [0.2, 0.25) is 0 Å². The van der Waals surface area contributed by atoms with E-state index in [-0.39, 0.29) is 18.4 Å². The molecular formula is C12H17FN2O2. The molecule has 94 valence electrons. The van der Waals surface area contributed by atoms with Gasteiger partial charge in [0.15, 0.2) is 0 Å². The average Bonchev–Trinajstić information content (AvgIpc) is 2.25. The maximum absolute atomic E-state index is 12.9. The fraction of sp³-hybridized carbons (Fsp3) is 0.417. The summed E-state index contributed by atoms with van der Waals surface area (Å²) in [5, 5.41) is 12.1. The van der Waals surface area contributed by atoms with E-state index in [0.29, 0.717) is 6.42 Å². The van der Waals surface area contributed by atoms with Crippen molar-refractivity contribution in [2.75, 3.05) is 6.54 Å². The number of aliphatic hydroxyl groups is 1. The molecule has 17 heavy (non-hydrogen) atoms. The summed E-state index contributed by atoms with van der Waals surface area (Å²) < 4.78 is 12.9. The molecule has 1 aromatic carbocycles. The van der Waals surface area contributed by atoms with Crippen molar-refractivity contribution >= 4 is 5.91 Å². The van der Waals surface area contributed by atoms with E-state index in [1.54, 1.807) is 6.07 Å². The van der Waals surface area contributed by atoms with Gasteiger partial charge in [-0.1, -0.05) is 12.1 Å². The fourth-order valence-electron chi connectivity index (χ4n) is 1.50. The zero-order valence-corrected chi connectivity index (χ0v) is 9.69. The first kappa shape index (κ1) is 13.6. The summed E-state index contributed by atoms with van der Waals surface area (Å²) in [4.78, 5) is 10.6. The normalized spacial score (nSPS) is 14.3. The molecule has 0 spiro atoms. The number of aliphatic hydroxyl groups excluding tert-OH is 1. The zero-order chi connectivity index (χ0) is 12.8. The van der Waals surface area contributed by atoms with E-state index in [4.69, 9.17) is 5.73 Å². The minimum Gasteiger partial charge on any atom is -0.382 e. The molecule has 1 aromatic rings. The van der Waals surface area contributed by atoms with E-state index in [9.17, 15) is 14.3 Å². The number of carbonyl (C=O) groups excluding carboxylic acids is 1. The van der Waals surface area contributed by atoms with Crippen LogP contribution in [0.5, 0.6) is 0 Å². The van der Waals surface area contributed by atoms with Gasteiger partial charge in [0.05, 0.1) is 0 Å². The number of nitrogens with one attached hydrogen (secondary N) is 1. The second kappa shape index (κ2) is 6.32. The standard InChI is InChI=1S/C12H17FN2O2/c1-8(15-7-11(16)12(14)17)5-9-3-2-4-10(13)6-9/h2-4,6,8,11,15-16H,5,7H2,1H3,(H2,14,17). The topological polar surface area (TPSA) is 75.3 Å². The van der Waals surface area contributed by atoms with Gasteiger partial charge >= 0.3 is 0 Å². The van der Waals surface area contributed by atoms with Gasteiger partial charge in [-0.2, -0.15) is 0 Å². The second-order valence-electron chi connectivity index (χ2n) is 4.06. The molecule has 0 aliphatic rings. The van der Waals surface area contributed by atoms with E-state index in [2.05, 4.69) is 5.32 Å². The van der Waals surface area contributed by atoms with Crippen LogP contribution in [0.3, 0.4) is 0 Å². The summed E-state index contributed by atoms with van der Waals surface area (Å²) in [6.07, 6.45) is -0.576. The average molecular weight is 240 g/mol. The third-order valence-electron chi connectivity index (χ3n) is 2.42. The zero-order valence-electron chi connectivity index (χ0n) is 9.69.